The van der Waals surface area contributed by atoms with Crippen LogP contribution in [0.5, 0.6) is 0 Å². The summed E-state index contributed by atoms with van der Waals surface area (Å²) in [6, 6.07) is 0. The first-order valence-corrected chi connectivity index (χ1v) is 24.5. The number of unbranched alkanes of at least 4 members (excludes halogenated alkanes) is 24. The van der Waals surface area contributed by atoms with Crippen molar-refractivity contribution in [3.05, 3.63) is 72.9 Å². The summed E-state index contributed by atoms with van der Waals surface area (Å²) in [6.07, 6.45) is 65.5. The average Bonchev–Trinajstić information content (AvgIpc) is 3.23. The van der Waals surface area contributed by atoms with Gasteiger partial charge >= 0.3 is 11.9 Å². The van der Waals surface area contributed by atoms with Gasteiger partial charge in [0, 0.05) is 12.8 Å². The smallest absolute Gasteiger partial charge is 0.306 e. The van der Waals surface area contributed by atoms with E-state index < -0.39 is 6.10 Å². The van der Waals surface area contributed by atoms with Crippen molar-refractivity contribution in [1.82, 2.24) is 0 Å². The van der Waals surface area contributed by atoms with Gasteiger partial charge in [0.25, 0.3) is 0 Å². The lowest BCUT2D eigenvalue weighted by molar-refractivity contribution is -0.161. The van der Waals surface area contributed by atoms with E-state index in [9.17, 15) is 14.7 Å². The molecular formula is C53H92O5. The number of hydrogen-bond donors (Lipinski definition) is 1. The first-order chi connectivity index (χ1) is 28.6. The van der Waals surface area contributed by atoms with Crippen LogP contribution in [0.1, 0.15) is 232 Å². The summed E-state index contributed by atoms with van der Waals surface area (Å²) in [4.78, 5) is 24.4. The fraction of sp³-hybridized carbons (Fsp3) is 0.736. The molecule has 0 amide bonds. The van der Waals surface area contributed by atoms with Gasteiger partial charge < -0.3 is 14.6 Å². The number of ether oxygens (including phenoxy) is 2. The molecule has 5 heteroatoms. The van der Waals surface area contributed by atoms with Crippen LogP contribution in [0.25, 0.3) is 0 Å². The third-order valence-electron chi connectivity index (χ3n) is 10.5. The molecule has 334 valence electrons. The maximum atomic E-state index is 12.3. The summed E-state index contributed by atoms with van der Waals surface area (Å²) in [7, 11) is 0. The van der Waals surface area contributed by atoms with E-state index in [1.54, 1.807) is 0 Å². The SMILES string of the molecule is CC/C=C\C/C=C\C/C=C\C/C=C\C/C=C\CCCCCCCCCC(=O)OC(CO)COC(=O)CCCCCCCCCCC/C=C\CCCCCCCCCC. The zero-order valence-corrected chi connectivity index (χ0v) is 38.0. The highest BCUT2D eigenvalue weighted by molar-refractivity contribution is 5.70. The number of carbonyl (C=O) groups is 2. The Morgan fingerprint density at radius 3 is 1.14 bits per heavy atom. The number of rotatable bonds is 44. The average molecular weight is 809 g/mol. The third kappa shape index (κ3) is 46.0. The summed E-state index contributed by atoms with van der Waals surface area (Å²) < 4.78 is 10.7. The van der Waals surface area contributed by atoms with Crippen LogP contribution in [0.2, 0.25) is 0 Å². The molecule has 0 radical (unpaired) electrons. The highest BCUT2D eigenvalue weighted by Crippen LogP contribution is 2.14. The van der Waals surface area contributed by atoms with E-state index in [4.69, 9.17) is 9.47 Å². The molecule has 0 aromatic rings. The Balaban J connectivity index is 3.56. The summed E-state index contributed by atoms with van der Waals surface area (Å²) in [5, 5.41) is 9.62. The molecule has 0 aromatic heterocycles. The summed E-state index contributed by atoms with van der Waals surface area (Å²) in [5.74, 6) is -0.604. The number of allylic oxidation sites excluding steroid dienone is 12. The van der Waals surface area contributed by atoms with Gasteiger partial charge in [0.15, 0.2) is 6.10 Å². The topological polar surface area (TPSA) is 72.8 Å². The van der Waals surface area contributed by atoms with Crippen molar-refractivity contribution in [1.29, 1.82) is 0 Å². The minimum Gasteiger partial charge on any atom is -0.462 e. The summed E-state index contributed by atoms with van der Waals surface area (Å²) in [5.41, 5.74) is 0. The van der Waals surface area contributed by atoms with Gasteiger partial charge in [0.1, 0.15) is 6.61 Å². The number of carbonyl (C=O) groups excluding carboxylic acids is 2. The van der Waals surface area contributed by atoms with Crippen LogP contribution in [0.15, 0.2) is 72.9 Å². The largest absolute Gasteiger partial charge is 0.462 e. The Bertz CT molecular complexity index is 1050. The molecule has 1 unspecified atom stereocenters. The van der Waals surface area contributed by atoms with Crippen LogP contribution < -0.4 is 0 Å². The highest BCUT2D eigenvalue weighted by atomic mass is 16.6. The van der Waals surface area contributed by atoms with Gasteiger partial charge in [0.05, 0.1) is 6.61 Å². The lowest BCUT2D eigenvalue weighted by atomic mass is 10.1. The molecule has 0 saturated carbocycles. The second-order valence-corrected chi connectivity index (χ2v) is 16.2. The zero-order valence-electron chi connectivity index (χ0n) is 38.0. The van der Waals surface area contributed by atoms with Crippen LogP contribution in [0.4, 0.5) is 0 Å². The predicted molar refractivity (Wildman–Crippen MR) is 251 cm³/mol. The maximum absolute atomic E-state index is 12.3. The van der Waals surface area contributed by atoms with E-state index in [-0.39, 0.29) is 25.2 Å². The van der Waals surface area contributed by atoms with Crippen LogP contribution in [0.3, 0.4) is 0 Å². The summed E-state index contributed by atoms with van der Waals surface area (Å²) in [6.45, 7) is 4.03. The molecular weight excluding hydrogens is 717 g/mol. The fourth-order valence-corrected chi connectivity index (χ4v) is 6.81. The van der Waals surface area contributed by atoms with Crippen molar-refractivity contribution < 1.29 is 24.2 Å². The van der Waals surface area contributed by atoms with Crippen molar-refractivity contribution in [3.8, 4) is 0 Å². The Labute approximate surface area is 359 Å². The maximum Gasteiger partial charge on any atom is 0.306 e. The molecule has 0 aliphatic rings. The van der Waals surface area contributed by atoms with Gasteiger partial charge in [-0.05, 0) is 83.5 Å². The molecule has 0 heterocycles. The van der Waals surface area contributed by atoms with Crippen molar-refractivity contribution in [2.24, 2.45) is 0 Å². The molecule has 5 nitrogen and oxygen atoms in total. The van der Waals surface area contributed by atoms with E-state index in [1.165, 1.54) is 128 Å². The Morgan fingerprint density at radius 2 is 0.741 bits per heavy atom. The Hall–Kier alpha value is -2.66. The normalized spacial score (nSPS) is 12.8. The van der Waals surface area contributed by atoms with E-state index in [0.29, 0.717) is 12.8 Å². The molecule has 58 heavy (non-hydrogen) atoms. The van der Waals surface area contributed by atoms with Gasteiger partial charge in [-0.25, -0.2) is 0 Å². The third-order valence-corrected chi connectivity index (χ3v) is 10.5. The van der Waals surface area contributed by atoms with Gasteiger partial charge in [-0.2, -0.15) is 0 Å². The lowest BCUT2D eigenvalue weighted by Gasteiger charge is -2.15. The molecule has 0 fully saturated rings. The number of hydrogen-bond acceptors (Lipinski definition) is 5. The van der Waals surface area contributed by atoms with Gasteiger partial charge in [-0.1, -0.05) is 209 Å². The zero-order chi connectivity index (χ0) is 42.1. The Morgan fingerprint density at radius 1 is 0.414 bits per heavy atom. The van der Waals surface area contributed by atoms with Crippen molar-refractivity contribution in [2.45, 2.75) is 238 Å². The van der Waals surface area contributed by atoms with Crippen molar-refractivity contribution >= 4 is 11.9 Å². The molecule has 0 bridgehead atoms. The fourth-order valence-electron chi connectivity index (χ4n) is 6.81. The van der Waals surface area contributed by atoms with E-state index in [0.717, 1.165) is 77.0 Å². The number of aliphatic hydroxyl groups excluding tert-OH is 1. The number of esters is 2. The standard InChI is InChI=1S/C53H92O5/c1-3-5-7-9-11-13-15-17-19-21-23-25-26-28-30-32-34-36-38-40-42-44-46-48-53(56)58-51(49-54)50-57-52(55)47-45-43-41-39-37-35-33-31-29-27-24-22-20-18-16-14-12-10-8-6-4-2/h5,7,11,13,17,19,22-25,28,30,51,54H,3-4,6,8-10,12,14-16,18,20-21,26-27,29,31-50H2,1-2H3/b7-5-,13-11-,19-17-,24-22-,25-23-,30-28-. The van der Waals surface area contributed by atoms with Crippen LogP contribution >= 0.6 is 0 Å². The van der Waals surface area contributed by atoms with E-state index in [2.05, 4.69) is 86.8 Å². The highest BCUT2D eigenvalue weighted by Gasteiger charge is 2.16. The monoisotopic (exact) mass is 809 g/mol. The molecule has 0 spiro atoms. The van der Waals surface area contributed by atoms with E-state index in [1.807, 2.05) is 0 Å². The molecule has 0 aliphatic carbocycles. The first kappa shape index (κ1) is 55.3. The second-order valence-electron chi connectivity index (χ2n) is 16.2. The summed E-state index contributed by atoms with van der Waals surface area (Å²) >= 11 is 0. The number of aliphatic hydroxyl groups is 1. The van der Waals surface area contributed by atoms with Gasteiger partial charge in [-0.3, -0.25) is 9.59 Å². The van der Waals surface area contributed by atoms with Crippen LogP contribution in [-0.2, 0) is 19.1 Å². The van der Waals surface area contributed by atoms with Crippen LogP contribution in [0, 0.1) is 0 Å². The molecule has 0 saturated heterocycles. The minimum atomic E-state index is -0.782. The molecule has 0 rings (SSSR count). The molecule has 1 atom stereocenters. The molecule has 0 aliphatic heterocycles. The van der Waals surface area contributed by atoms with Crippen molar-refractivity contribution in [2.75, 3.05) is 13.2 Å². The van der Waals surface area contributed by atoms with Gasteiger partial charge in [0.2, 0.25) is 0 Å². The lowest BCUT2D eigenvalue weighted by Crippen LogP contribution is -2.28. The predicted octanol–water partition coefficient (Wildman–Crippen LogP) is 16.1. The second kappa shape index (κ2) is 48.7. The van der Waals surface area contributed by atoms with Crippen LogP contribution in [-0.4, -0.2) is 36.4 Å². The Kier molecular flexibility index (Phi) is 46.5. The quantitative estimate of drug-likeness (QED) is 0.0377. The minimum absolute atomic E-state index is 0.0737. The molecule has 1 N–H and O–H groups in total. The van der Waals surface area contributed by atoms with E-state index >= 15 is 0 Å². The first-order valence-electron chi connectivity index (χ1n) is 24.5. The van der Waals surface area contributed by atoms with Gasteiger partial charge in [-0.15, -0.1) is 0 Å². The molecule has 0 aromatic carbocycles. The van der Waals surface area contributed by atoms with Crippen molar-refractivity contribution in [3.63, 3.8) is 0 Å².